The lowest BCUT2D eigenvalue weighted by atomic mass is 10.1. The Morgan fingerprint density at radius 3 is 2.85 bits per heavy atom. The maximum absolute atomic E-state index is 13.1. The van der Waals surface area contributed by atoms with Crippen LogP contribution in [0.3, 0.4) is 0 Å². The fraction of sp³-hybridized carbons (Fsp3) is 0.238. The van der Waals surface area contributed by atoms with E-state index in [0.29, 0.717) is 43.2 Å². The van der Waals surface area contributed by atoms with E-state index >= 15 is 0 Å². The van der Waals surface area contributed by atoms with Crippen LogP contribution in [0.2, 0.25) is 0 Å². The van der Waals surface area contributed by atoms with E-state index in [-0.39, 0.29) is 11.5 Å². The number of rotatable bonds is 2. The molecule has 1 aliphatic heterocycles. The van der Waals surface area contributed by atoms with Gasteiger partial charge in [0.15, 0.2) is 11.5 Å². The Bertz CT molecular complexity index is 1060. The quantitative estimate of drug-likeness (QED) is 0.652. The van der Waals surface area contributed by atoms with Gasteiger partial charge in [-0.25, -0.2) is 4.79 Å². The van der Waals surface area contributed by atoms with E-state index in [4.69, 9.17) is 13.9 Å². The zero-order valence-corrected chi connectivity index (χ0v) is 14.9. The van der Waals surface area contributed by atoms with Crippen LogP contribution >= 0.6 is 0 Å². The van der Waals surface area contributed by atoms with E-state index in [0.717, 1.165) is 10.9 Å². The monoisotopic (exact) mass is 365 g/mol. The highest BCUT2D eigenvalue weighted by atomic mass is 16.5. The summed E-state index contributed by atoms with van der Waals surface area (Å²) in [6, 6.07) is 14.3. The first-order valence-corrected chi connectivity index (χ1v) is 8.78. The summed E-state index contributed by atoms with van der Waals surface area (Å²) in [5, 5.41) is 0.720. The molecule has 6 heteroatoms. The van der Waals surface area contributed by atoms with Crippen LogP contribution in [0.5, 0.6) is 11.5 Å². The second-order valence-electron chi connectivity index (χ2n) is 6.36. The van der Waals surface area contributed by atoms with E-state index in [1.54, 1.807) is 30.2 Å². The van der Waals surface area contributed by atoms with Crippen molar-refractivity contribution in [3.63, 3.8) is 0 Å². The number of amides is 1. The van der Waals surface area contributed by atoms with Gasteiger partial charge in [-0.3, -0.25) is 4.79 Å². The molecule has 2 heterocycles. The van der Waals surface area contributed by atoms with Gasteiger partial charge >= 0.3 is 5.63 Å². The highest BCUT2D eigenvalue weighted by Gasteiger charge is 2.24. The zero-order valence-electron chi connectivity index (χ0n) is 14.9. The van der Waals surface area contributed by atoms with Gasteiger partial charge in [-0.1, -0.05) is 30.3 Å². The normalized spacial score (nSPS) is 14.0. The van der Waals surface area contributed by atoms with Crippen molar-refractivity contribution in [3.05, 3.63) is 70.1 Å². The largest absolute Gasteiger partial charge is 0.493 e. The maximum Gasteiger partial charge on any atom is 0.349 e. The average Bonchev–Trinajstić information content (AvgIpc) is 2.67. The highest BCUT2D eigenvalue weighted by molar-refractivity contribution is 5.96. The first-order chi connectivity index (χ1) is 13.2. The lowest BCUT2D eigenvalue weighted by Crippen LogP contribution is -2.36. The molecule has 0 saturated carbocycles. The minimum absolute atomic E-state index is 0.0413. The number of carbonyl (C=O) groups excluding carboxylic acids is 1. The second-order valence-corrected chi connectivity index (χ2v) is 6.36. The van der Waals surface area contributed by atoms with Crippen LogP contribution in [0, 0.1) is 0 Å². The summed E-state index contributed by atoms with van der Waals surface area (Å²) < 4.78 is 16.5. The SMILES string of the molecule is COc1cccc2c1OCCCN(C(=O)c1cc3ccccc3oc1=O)C2. The van der Waals surface area contributed by atoms with Crippen molar-refractivity contribution in [1.29, 1.82) is 0 Å². The van der Waals surface area contributed by atoms with Crippen molar-refractivity contribution in [1.82, 2.24) is 4.90 Å². The van der Waals surface area contributed by atoms with Crippen molar-refractivity contribution >= 4 is 16.9 Å². The average molecular weight is 365 g/mol. The molecule has 6 nitrogen and oxygen atoms in total. The van der Waals surface area contributed by atoms with Gasteiger partial charge in [-0.15, -0.1) is 0 Å². The number of para-hydroxylation sites is 2. The molecule has 3 aromatic rings. The minimum Gasteiger partial charge on any atom is -0.493 e. The molecule has 0 bridgehead atoms. The summed E-state index contributed by atoms with van der Waals surface area (Å²) in [4.78, 5) is 27.1. The van der Waals surface area contributed by atoms with Crippen molar-refractivity contribution < 1.29 is 18.7 Å². The lowest BCUT2D eigenvalue weighted by Gasteiger charge is -2.27. The van der Waals surface area contributed by atoms with E-state index < -0.39 is 5.63 Å². The van der Waals surface area contributed by atoms with Crippen molar-refractivity contribution in [3.8, 4) is 11.5 Å². The van der Waals surface area contributed by atoms with E-state index in [9.17, 15) is 9.59 Å². The van der Waals surface area contributed by atoms with Crippen LogP contribution < -0.4 is 15.1 Å². The van der Waals surface area contributed by atoms with Gasteiger partial charge in [0.05, 0.1) is 13.7 Å². The molecule has 1 aromatic heterocycles. The molecule has 0 unspecified atom stereocenters. The number of fused-ring (bicyclic) bond motifs is 2. The lowest BCUT2D eigenvalue weighted by molar-refractivity contribution is 0.0717. The fourth-order valence-electron chi connectivity index (χ4n) is 3.28. The predicted molar refractivity (Wildman–Crippen MR) is 100 cm³/mol. The Labute approximate surface area is 155 Å². The molecule has 0 saturated heterocycles. The van der Waals surface area contributed by atoms with Gasteiger partial charge in [0.2, 0.25) is 0 Å². The Balaban J connectivity index is 1.71. The molecule has 0 radical (unpaired) electrons. The van der Waals surface area contributed by atoms with E-state index in [1.807, 2.05) is 30.3 Å². The number of nitrogens with zero attached hydrogens (tertiary/aromatic N) is 1. The smallest absolute Gasteiger partial charge is 0.349 e. The van der Waals surface area contributed by atoms with Crippen molar-refractivity contribution in [2.24, 2.45) is 0 Å². The van der Waals surface area contributed by atoms with Gasteiger partial charge in [0.25, 0.3) is 5.91 Å². The van der Waals surface area contributed by atoms with Gasteiger partial charge < -0.3 is 18.8 Å². The Morgan fingerprint density at radius 2 is 2.00 bits per heavy atom. The van der Waals surface area contributed by atoms with Crippen molar-refractivity contribution in [2.75, 3.05) is 20.3 Å². The standard InChI is InChI=1S/C21H19NO5/c1-25-18-9-4-7-15-13-22(10-5-11-26-19(15)18)20(23)16-12-14-6-2-3-8-17(14)27-21(16)24/h2-4,6-9,12H,5,10-11,13H2,1H3. The third-order valence-electron chi connectivity index (χ3n) is 4.62. The summed E-state index contributed by atoms with van der Waals surface area (Å²) >= 11 is 0. The predicted octanol–water partition coefficient (Wildman–Crippen LogP) is 3.23. The van der Waals surface area contributed by atoms with E-state index in [1.165, 1.54) is 0 Å². The maximum atomic E-state index is 13.1. The molecule has 4 rings (SSSR count). The molecule has 138 valence electrons. The minimum atomic E-state index is -0.622. The number of ether oxygens (including phenoxy) is 2. The first kappa shape index (κ1) is 17.1. The van der Waals surface area contributed by atoms with Gasteiger partial charge in [-0.05, 0) is 24.6 Å². The topological polar surface area (TPSA) is 69.0 Å². The Kier molecular flexibility index (Phi) is 4.54. The van der Waals surface area contributed by atoms with Crippen LogP contribution in [0.4, 0.5) is 0 Å². The second kappa shape index (κ2) is 7.15. The third kappa shape index (κ3) is 3.26. The van der Waals surface area contributed by atoms with Crippen LogP contribution in [0.1, 0.15) is 22.3 Å². The summed E-state index contributed by atoms with van der Waals surface area (Å²) in [5.74, 6) is 0.931. The molecule has 0 fully saturated rings. The molecule has 0 aliphatic carbocycles. The summed E-state index contributed by atoms with van der Waals surface area (Å²) in [7, 11) is 1.58. The number of benzene rings is 2. The van der Waals surface area contributed by atoms with Crippen LogP contribution in [0.25, 0.3) is 11.0 Å². The zero-order chi connectivity index (χ0) is 18.8. The summed E-state index contributed by atoms with van der Waals surface area (Å²) in [6.07, 6.45) is 0.655. The molecule has 2 aromatic carbocycles. The number of methoxy groups -OCH3 is 1. The van der Waals surface area contributed by atoms with Crippen molar-refractivity contribution in [2.45, 2.75) is 13.0 Å². The number of carbonyl (C=O) groups is 1. The Hall–Kier alpha value is -3.28. The number of hydrogen-bond acceptors (Lipinski definition) is 5. The molecule has 0 N–H and O–H groups in total. The highest BCUT2D eigenvalue weighted by Crippen LogP contribution is 2.33. The molecule has 27 heavy (non-hydrogen) atoms. The number of hydrogen-bond donors (Lipinski definition) is 0. The molecule has 0 atom stereocenters. The first-order valence-electron chi connectivity index (χ1n) is 8.78. The van der Waals surface area contributed by atoms with Gasteiger partial charge in [0, 0.05) is 24.0 Å². The van der Waals surface area contributed by atoms with Crippen LogP contribution in [0.15, 0.2) is 57.7 Å². The van der Waals surface area contributed by atoms with Gasteiger partial charge in [-0.2, -0.15) is 0 Å². The third-order valence-corrected chi connectivity index (χ3v) is 4.62. The Morgan fingerprint density at radius 1 is 1.15 bits per heavy atom. The van der Waals surface area contributed by atoms with Crippen LogP contribution in [-0.2, 0) is 6.54 Å². The fourth-order valence-corrected chi connectivity index (χ4v) is 3.28. The molecule has 1 aliphatic rings. The van der Waals surface area contributed by atoms with Crippen LogP contribution in [-0.4, -0.2) is 31.1 Å². The molecule has 1 amide bonds. The summed E-state index contributed by atoms with van der Waals surface area (Å²) in [5.41, 5.74) is 0.727. The molecule has 0 spiro atoms. The molecular weight excluding hydrogens is 346 g/mol. The van der Waals surface area contributed by atoms with Gasteiger partial charge in [0.1, 0.15) is 11.1 Å². The molecular formula is C21H19NO5. The van der Waals surface area contributed by atoms with E-state index in [2.05, 4.69) is 0 Å². The summed E-state index contributed by atoms with van der Waals surface area (Å²) in [6.45, 7) is 1.28.